The number of aromatic nitrogens is 2. The number of anilines is 4. The fourth-order valence-corrected chi connectivity index (χ4v) is 3.01. The molecule has 2 aromatic carbocycles. The average Bonchev–Trinajstić information content (AvgIpc) is 2.68. The molecule has 1 aromatic heterocycles. The van der Waals surface area contributed by atoms with Crippen LogP contribution in [0, 0.1) is 6.92 Å². The SMILES string of the molecule is Cc1cc(C(=O)Nc2ccccc2C(C)C)nc(Nc2ccc(N(C)C)cc2)n1. The summed E-state index contributed by atoms with van der Waals surface area (Å²) in [6, 6.07) is 17.4. The number of rotatable bonds is 6. The molecule has 150 valence electrons. The van der Waals surface area contributed by atoms with Crippen molar-refractivity contribution < 1.29 is 4.79 Å². The quantitative estimate of drug-likeness (QED) is 0.623. The van der Waals surface area contributed by atoms with Gasteiger partial charge in [0.1, 0.15) is 5.69 Å². The Labute approximate surface area is 172 Å². The highest BCUT2D eigenvalue weighted by Crippen LogP contribution is 2.24. The Morgan fingerprint density at radius 1 is 1.00 bits per heavy atom. The predicted octanol–water partition coefficient (Wildman–Crippen LogP) is 4.97. The summed E-state index contributed by atoms with van der Waals surface area (Å²) in [5, 5.41) is 6.16. The monoisotopic (exact) mass is 389 g/mol. The molecule has 0 bridgehead atoms. The topological polar surface area (TPSA) is 70.2 Å². The molecule has 2 N–H and O–H groups in total. The third kappa shape index (κ3) is 5.10. The molecule has 0 radical (unpaired) electrons. The molecule has 0 aliphatic carbocycles. The van der Waals surface area contributed by atoms with E-state index in [1.165, 1.54) is 0 Å². The molecule has 0 aliphatic heterocycles. The number of aryl methyl sites for hydroxylation is 1. The van der Waals surface area contributed by atoms with Gasteiger partial charge in [0, 0.05) is 36.9 Å². The largest absolute Gasteiger partial charge is 0.378 e. The number of benzene rings is 2. The van der Waals surface area contributed by atoms with E-state index in [4.69, 9.17) is 0 Å². The van der Waals surface area contributed by atoms with Gasteiger partial charge >= 0.3 is 0 Å². The standard InChI is InChI=1S/C23H27N5O/c1-15(2)19-8-6-7-9-20(19)26-22(29)21-14-16(3)24-23(27-21)25-17-10-12-18(13-11-17)28(4)5/h6-15H,1-5H3,(H,26,29)(H,24,25,27). The Bertz CT molecular complexity index is 996. The molecule has 0 atom stereocenters. The average molecular weight is 390 g/mol. The maximum absolute atomic E-state index is 12.8. The summed E-state index contributed by atoms with van der Waals surface area (Å²) < 4.78 is 0. The van der Waals surface area contributed by atoms with Gasteiger partial charge in [-0.05, 0) is 54.8 Å². The Balaban J connectivity index is 1.80. The number of nitrogens with one attached hydrogen (secondary N) is 2. The second kappa shape index (κ2) is 8.73. The Morgan fingerprint density at radius 2 is 1.69 bits per heavy atom. The van der Waals surface area contributed by atoms with Crippen molar-refractivity contribution in [2.45, 2.75) is 26.7 Å². The van der Waals surface area contributed by atoms with Crippen LogP contribution in [0.4, 0.5) is 23.0 Å². The van der Waals surface area contributed by atoms with Crippen LogP contribution in [0.15, 0.2) is 54.6 Å². The second-order valence-corrected chi connectivity index (χ2v) is 7.48. The number of hydrogen-bond acceptors (Lipinski definition) is 5. The molecule has 3 aromatic rings. The minimum Gasteiger partial charge on any atom is -0.378 e. The van der Waals surface area contributed by atoms with Gasteiger partial charge in [-0.15, -0.1) is 0 Å². The number of carbonyl (C=O) groups excluding carboxylic acids is 1. The van der Waals surface area contributed by atoms with Crippen LogP contribution in [-0.4, -0.2) is 30.0 Å². The van der Waals surface area contributed by atoms with Crippen molar-refractivity contribution >= 4 is 28.9 Å². The molecule has 6 heteroatoms. The second-order valence-electron chi connectivity index (χ2n) is 7.48. The van der Waals surface area contributed by atoms with Crippen molar-refractivity contribution in [2.24, 2.45) is 0 Å². The van der Waals surface area contributed by atoms with Crippen LogP contribution in [0.2, 0.25) is 0 Å². The van der Waals surface area contributed by atoms with Crippen LogP contribution >= 0.6 is 0 Å². The van der Waals surface area contributed by atoms with E-state index in [1.54, 1.807) is 6.07 Å². The van der Waals surface area contributed by atoms with Crippen LogP contribution in [0.3, 0.4) is 0 Å². The van der Waals surface area contributed by atoms with Gasteiger partial charge < -0.3 is 15.5 Å². The molecule has 0 fully saturated rings. The van der Waals surface area contributed by atoms with Crippen molar-refractivity contribution in [2.75, 3.05) is 29.6 Å². The third-order valence-corrected chi connectivity index (χ3v) is 4.56. The van der Waals surface area contributed by atoms with Gasteiger partial charge in [0.2, 0.25) is 5.95 Å². The van der Waals surface area contributed by atoms with Crippen molar-refractivity contribution in [3.8, 4) is 0 Å². The van der Waals surface area contributed by atoms with E-state index in [0.29, 0.717) is 17.6 Å². The lowest BCUT2D eigenvalue weighted by molar-refractivity contribution is 0.102. The molecular weight excluding hydrogens is 362 g/mol. The van der Waals surface area contributed by atoms with E-state index in [-0.39, 0.29) is 5.91 Å². The minimum atomic E-state index is -0.255. The first kappa shape index (κ1) is 20.3. The number of nitrogens with zero attached hydrogens (tertiary/aromatic N) is 3. The smallest absolute Gasteiger partial charge is 0.274 e. The molecular formula is C23H27N5O. The van der Waals surface area contributed by atoms with E-state index in [9.17, 15) is 4.79 Å². The van der Waals surface area contributed by atoms with Crippen molar-refractivity contribution in [3.63, 3.8) is 0 Å². The van der Waals surface area contributed by atoms with E-state index in [1.807, 2.05) is 74.4 Å². The van der Waals surface area contributed by atoms with Crippen molar-refractivity contribution in [3.05, 3.63) is 71.5 Å². The predicted molar refractivity (Wildman–Crippen MR) is 119 cm³/mol. The summed E-state index contributed by atoms with van der Waals surface area (Å²) >= 11 is 0. The number of hydrogen-bond donors (Lipinski definition) is 2. The zero-order chi connectivity index (χ0) is 21.0. The van der Waals surface area contributed by atoms with Crippen LogP contribution in [0.5, 0.6) is 0 Å². The molecule has 1 amide bonds. The van der Waals surface area contributed by atoms with Gasteiger partial charge in [0.05, 0.1) is 0 Å². The van der Waals surface area contributed by atoms with E-state index >= 15 is 0 Å². The highest BCUT2D eigenvalue weighted by atomic mass is 16.1. The molecule has 0 unspecified atom stereocenters. The summed E-state index contributed by atoms with van der Waals surface area (Å²) in [5.41, 5.74) is 4.89. The van der Waals surface area contributed by atoms with E-state index in [0.717, 1.165) is 28.3 Å². The number of carbonyl (C=O) groups is 1. The fourth-order valence-electron chi connectivity index (χ4n) is 3.01. The van der Waals surface area contributed by atoms with Gasteiger partial charge in [-0.1, -0.05) is 32.0 Å². The number of para-hydroxylation sites is 1. The van der Waals surface area contributed by atoms with Crippen LogP contribution in [0.25, 0.3) is 0 Å². The first-order valence-electron chi connectivity index (χ1n) is 9.64. The molecule has 0 saturated heterocycles. The maximum atomic E-state index is 12.8. The molecule has 0 aliphatic rings. The van der Waals surface area contributed by atoms with E-state index < -0.39 is 0 Å². The molecule has 1 heterocycles. The Morgan fingerprint density at radius 3 is 2.34 bits per heavy atom. The highest BCUT2D eigenvalue weighted by molar-refractivity contribution is 6.03. The van der Waals surface area contributed by atoms with Gasteiger partial charge in [-0.25, -0.2) is 9.97 Å². The van der Waals surface area contributed by atoms with Gasteiger partial charge in [0.25, 0.3) is 5.91 Å². The van der Waals surface area contributed by atoms with E-state index in [2.05, 4.69) is 34.4 Å². The summed E-state index contributed by atoms with van der Waals surface area (Å²) in [7, 11) is 3.99. The maximum Gasteiger partial charge on any atom is 0.274 e. The van der Waals surface area contributed by atoms with Gasteiger partial charge in [-0.2, -0.15) is 0 Å². The van der Waals surface area contributed by atoms with Crippen LogP contribution in [0.1, 0.15) is 41.5 Å². The zero-order valence-corrected chi connectivity index (χ0v) is 17.5. The fraction of sp³-hybridized carbons (Fsp3) is 0.261. The molecule has 0 saturated carbocycles. The minimum absolute atomic E-state index is 0.255. The van der Waals surface area contributed by atoms with Gasteiger partial charge in [0.15, 0.2) is 0 Å². The van der Waals surface area contributed by atoms with Gasteiger partial charge in [-0.3, -0.25) is 4.79 Å². The molecule has 3 rings (SSSR count). The lowest BCUT2D eigenvalue weighted by atomic mass is 10.0. The molecule has 6 nitrogen and oxygen atoms in total. The summed E-state index contributed by atoms with van der Waals surface area (Å²) in [6.45, 7) is 6.05. The molecule has 0 spiro atoms. The highest BCUT2D eigenvalue weighted by Gasteiger charge is 2.14. The zero-order valence-electron chi connectivity index (χ0n) is 17.5. The Hall–Kier alpha value is -3.41. The first-order chi connectivity index (χ1) is 13.8. The van der Waals surface area contributed by atoms with Crippen molar-refractivity contribution in [1.29, 1.82) is 0 Å². The van der Waals surface area contributed by atoms with Crippen molar-refractivity contribution in [1.82, 2.24) is 9.97 Å². The van der Waals surface area contributed by atoms with Crippen LogP contribution < -0.4 is 15.5 Å². The Kier molecular flexibility index (Phi) is 6.12. The first-order valence-corrected chi connectivity index (χ1v) is 9.64. The summed E-state index contributed by atoms with van der Waals surface area (Å²) in [4.78, 5) is 23.7. The lowest BCUT2D eigenvalue weighted by Gasteiger charge is -2.14. The summed E-state index contributed by atoms with van der Waals surface area (Å²) in [6.07, 6.45) is 0. The molecule has 29 heavy (non-hydrogen) atoms. The van der Waals surface area contributed by atoms with Crippen LogP contribution in [-0.2, 0) is 0 Å². The lowest BCUT2D eigenvalue weighted by Crippen LogP contribution is -2.16. The third-order valence-electron chi connectivity index (χ3n) is 4.56. The normalized spacial score (nSPS) is 10.7. The summed E-state index contributed by atoms with van der Waals surface area (Å²) in [5.74, 6) is 0.445. The number of amides is 1.